The lowest BCUT2D eigenvalue weighted by molar-refractivity contribution is -0.139. The Bertz CT molecular complexity index is 1040. The molecule has 0 atom stereocenters. The zero-order valence-corrected chi connectivity index (χ0v) is 17.8. The van der Waals surface area contributed by atoms with E-state index in [2.05, 4.69) is 15.5 Å². The number of hydrogen-bond donors (Lipinski definition) is 1. The van der Waals surface area contributed by atoms with Gasteiger partial charge in [-0.15, -0.1) is 0 Å². The van der Waals surface area contributed by atoms with E-state index in [9.17, 15) is 9.59 Å². The van der Waals surface area contributed by atoms with E-state index in [0.717, 1.165) is 11.3 Å². The molecule has 0 radical (unpaired) electrons. The highest BCUT2D eigenvalue weighted by Gasteiger charge is 2.51. The van der Waals surface area contributed by atoms with Gasteiger partial charge in [-0.1, -0.05) is 41.6 Å². The average Bonchev–Trinajstić information content (AvgIpc) is 3.09. The van der Waals surface area contributed by atoms with E-state index in [1.165, 1.54) is 0 Å². The second kappa shape index (κ2) is 8.71. The zero-order valence-electron chi connectivity index (χ0n) is 17.8. The third-order valence-electron chi connectivity index (χ3n) is 5.78. The number of nitrogens with zero attached hydrogens (tertiary/aromatic N) is 3. The first kappa shape index (κ1) is 20.8. The molecule has 1 aliphatic rings. The van der Waals surface area contributed by atoms with Crippen LogP contribution in [0.4, 0.5) is 0 Å². The number of benzene rings is 1. The van der Waals surface area contributed by atoms with Gasteiger partial charge in [0.2, 0.25) is 5.91 Å². The molecule has 0 unspecified atom stereocenters. The predicted octanol–water partition coefficient (Wildman–Crippen LogP) is 2.73. The molecule has 7 nitrogen and oxygen atoms in total. The molecule has 1 aromatic carbocycles. The Balaban J connectivity index is 1.46. The largest absolute Gasteiger partial charge is 0.361 e. The van der Waals surface area contributed by atoms with Crippen molar-refractivity contribution in [3.63, 3.8) is 0 Å². The van der Waals surface area contributed by atoms with E-state index >= 15 is 0 Å². The normalized spacial score (nSPS) is 14.7. The first-order valence-electron chi connectivity index (χ1n) is 10.4. The average molecular weight is 418 g/mol. The summed E-state index contributed by atoms with van der Waals surface area (Å²) < 4.78 is 5.14. The highest BCUT2D eigenvalue weighted by atomic mass is 16.5. The number of rotatable bonds is 7. The Kier molecular flexibility index (Phi) is 5.84. The van der Waals surface area contributed by atoms with Crippen LogP contribution in [0.25, 0.3) is 0 Å². The van der Waals surface area contributed by atoms with Crippen molar-refractivity contribution in [3.8, 4) is 0 Å². The number of aryl methyl sites for hydroxylation is 2. The first-order chi connectivity index (χ1) is 15.0. The maximum Gasteiger partial charge on any atom is 0.259 e. The third-order valence-corrected chi connectivity index (χ3v) is 5.78. The minimum absolute atomic E-state index is 0.0323. The van der Waals surface area contributed by atoms with Crippen LogP contribution in [0, 0.1) is 19.3 Å². The van der Waals surface area contributed by atoms with E-state index in [1.807, 2.05) is 48.5 Å². The van der Waals surface area contributed by atoms with Gasteiger partial charge in [0.25, 0.3) is 5.91 Å². The van der Waals surface area contributed by atoms with E-state index < -0.39 is 5.41 Å². The number of carbonyl (C=O) groups is 2. The number of carbonyl (C=O) groups excluding carboxylic acids is 2. The molecule has 7 heteroatoms. The van der Waals surface area contributed by atoms with Crippen LogP contribution in [-0.4, -0.2) is 46.5 Å². The first-order valence-corrected chi connectivity index (χ1v) is 10.4. The molecule has 1 saturated heterocycles. The van der Waals surface area contributed by atoms with Crippen LogP contribution in [0.2, 0.25) is 0 Å². The quantitative estimate of drug-likeness (QED) is 0.637. The molecule has 1 aliphatic heterocycles. The molecule has 31 heavy (non-hydrogen) atoms. The Morgan fingerprint density at radius 1 is 1.10 bits per heavy atom. The highest BCUT2D eigenvalue weighted by Crippen LogP contribution is 2.36. The fourth-order valence-corrected chi connectivity index (χ4v) is 4.13. The smallest absolute Gasteiger partial charge is 0.259 e. The maximum atomic E-state index is 13.2. The van der Waals surface area contributed by atoms with Crippen LogP contribution in [-0.2, 0) is 17.6 Å². The van der Waals surface area contributed by atoms with Crippen molar-refractivity contribution in [2.45, 2.75) is 26.7 Å². The van der Waals surface area contributed by atoms with E-state index in [4.69, 9.17) is 4.52 Å². The summed E-state index contributed by atoms with van der Waals surface area (Å²) in [5, 5.41) is 6.94. The van der Waals surface area contributed by atoms with Gasteiger partial charge in [-0.25, -0.2) is 0 Å². The van der Waals surface area contributed by atoms with Gasteiger partial charge in [0.1, 0.15) is 11.3 Å². The SMILES string of the molecule is Cc1noc(C)c1C(=O)N1CC(Cc2ccccc2)(C(=O)NCCc2ccccn2)C1. The fourth-order valence-electron chi connectivity index (χ4n) is 4.13. The molecule has 3 aromatic rings. The molecule has 2 amide bonds. The Morgan fingerprint density at radius 2 is 1.84 bits per heavy atom. The van der Waals surface area contributed by atoms with Crippen LogP contribution >= 0.6 is 0 Å². The molecule has 4 rings (SSSR count). The van der Waals surface area contributed by atoms with Crippen LogP contribution < -0.4 is 5.32 Å². The molecular weight excluding hydrogens is 392 g/mol. The monoisotopic (exact) mass is 418 g/mol. The van der Waals surface area contributed by atoms with Crippen molar-refractivity contribution in [1.29, 1.82) is 0 Å². The molecule has 0 aliphatic carbocycles. The molecule has 2 aromatic heterocycles. The van der Waals surface area contributed by atoms with Gasteiger partial charge < -0.3 is 14.7 Å². The number of aromatic nitrogens is 2. The van der Waals surface area contributed by atoms with E-state index in [1.54, 1.807) is 24.9 Å². The summed E-state index contributed by atoms with van der Waals surface area (Å²) in [6, 6.07) is 15.7. The standard InChI is InChI=1S/C24H26N4O3/c1-17-21(18(2)31-27-17)22(29)28-15-24(16-28,14-19-8-4-3-5-9-19)23(30)26-13-11-20-10-6-7-12-25-20/h3-10,12H,11,13-16H2,1-2H3,(H,26,30). The molecule has 160 valence electrons. The molecule has 0 saturated carbocycles. The molecule has 0 spiro atoms. The van der Waals surface area contributed by atoms with E-state index in [0.29, 0.717) is 49.5 Å². The second-order valence-corrected chi connectivity index (χ2v) is 8.13. The van der Waals surface area contributed by atoms with Gasteiger partial charge in [-0.3, -0.25) is 14.6 Å². The Morgan fingerprint density at radius 3 is 2.48 bits per heavy atom. The summed E-state index contributed by atoms with van der Waals surface area (Å²) >= 11 is 0. The second-order valence-electron chi connectivity index (χ2n) is 8.13. The molecular formula is C24H26N4O3. The number of likely N-dealkylation sites (tertiary alicyclic amines) is 1. The lowest BCUT2D eigenvalue weighted by Crippen LogP contribution is -2.65. The molecule has 3 heterocycles. The van der Waals surface area contributed by atoms with Crippen molar-refractivity contribution >= 4 is 11.8 Å². The van der Waals surface area contributed by atoms with Crippen molar-refractivity contribution in [3.05, 3.63) is 83.0 Å². The number of amides is 2. The Hall–Kier alpha value is -3.48. The van der Waals surface area contributed by atoms with Crippen LogP contribution in [0.5, 0.6) is 0 Å². The molecule has 0 bridgehead atoms. The van der Waals surface area contributed by atoms with Gasteiger partial charge in [0.05, 0.1) is 11.1 Å². The topological polar surface area (TPSA) is 88.3 Å². The van der Waals surface area contributed by atoms with Crippen LogP contribution in [0.1, 0.15) is 33.1 Å². The van der Waals surface area contributed by atoms with Crippen molar-refractivity contribution in [2.24, 2.45) is 5.41 Å². The predicted molar refractivity (Wildman–Crippen MR) is 115 cm³/mol. The zero-order chi connectivity index (χ0) is 21.8. The summed E-state index contributed by atoms with van der Waals surface area (Å²) in [7, 11) is 0. The minimum Gasteiger partial charge on any atom is -0.361 e. The lowest BCUT2D eigenvalue weighted by Gasteiger charge is -2.49. The van der Waals surface area contributed by atoms with E-state index in [-0.39, 0.29) is 11.8 Å². The number of pyridine rings is 1. The summed E-state index contributed by atoms with van der Waals surface area (Å²) in [6.07, 6.45) is 2.99. The van der Waals surface area contributed by atoms with Crippen LogP contribution in [0.3, 0.4) is 0 Å². The minimum atomic E-state index is -0.653. The van der Waals surface area contributed by atoms with Gasteiger partial charge in [-0.2, -0.15) is 0 Å². The van der Waals surface area contributed by atoms with Crippen molar-refractivity contribution in [1.82, 2.24) is 20.4 Å². The lowest BCUT2D eigenvalue weighted by atomic mass is 9.73. The van der Waals surface area contributed by atoms with Crippen molar-refractivity contribution in [2.75, 3.05) is 19.6 Å². The summed E-state index contributed by atoms with van der Waals surface area (Å²) in [6.45, 7) is 4.71. The summed E-state index contributed by atoms with van der Waals surface area (Å²) in [4.78, 5) is 32.2. The third kappa shape index (κ3) is 4.35. The summed E-state index contributed by atoms with van der Waals surface area (Å²) in [5.74, 6) is 0.333. The fraction of sp³-hybridized carbons (Fsp3) is 0.333. The number of hydrogen-bond acceptors (Lipinski definition) is 5. The van der Waals surface area contributed by atoms with Gasteiger partial charge >= 0.3 is 0 Å². The molecule has 1 fully saturated rings. The van der Waals surface area contributed by atoms with Gasteiger partial charge in [0, 0.05) is 37.9 Å². The van der Waals surface area contributed by atoms with Gasteiger partial charge in [-0.05, 0) is 38.0 Å². The summed E-state index contributed by atoms with van der Waals surface area (Å²) in [5.41, 5.74) is 2.42. The highest BCUT2D eigenvalue weighted by molar-refractivity contribution is 5.98. The van der Waals surface area contributed by atoms with Gasteiger partial charge in [0.15, 0.2) is 0 Å². The van der Waals surface area contributed by atoms with Crippen molar-refractivity contribution < 1.29 is 14.1 Å². The maximum absolute atomic E-state index is 13.2. The Labute approximate surface area is 181 Å². The number of nitrogens with one attached hydrogen (secondary N) is 1. The molecule has 1 N–H and O–H groups in total. The van der Waals surface area contributed by atoms with Crippen LogP contribution in [0.15, 0.2) is 59.3 Å².